The van der Waals surface area contributed by atoms with Gasteiger partial charge in [-0.05, 0) is 31.4 Å². The molecule has 1 aromatic rings. The molecule has 1 N–H and O–H groups in total. The van der Waals surface area contributed by atoms with Gasteiger partial charge in [0.05, 0.1) is 24.0 Å². The van der Waals surface area contributed by atoms with E-state index in [1.165, 1.54) is 11.8 Å². The number of aryl methyl sites for hydroxylation is 1. The Morgan fingerprint density at radius 2 is 2.48 bits per heavy atom. The predicted octanol–water partition coefficient (Wildman–Crippen LogP) is 1.80. The number of hydrogen-bond donors (Lipinski definition) is 1. The molecule has 6 nitrogen and oxygen atoms in total. The molecule has 1 fully saturated rings. The maximum atomic E-state index is 11.9. The number of hydrogen-bond acceptors (Lipinski definition) is 6. The lowest BCUT2D eigenvalue weighted by Gasteiger charge is -2.12. The molecule has 0 aliphatic carbocycles. The van der Waals surface area contributed by atoms with E-state index in [2.05, 4.69) is 16.4 Å². The van der Waals surface area contributed by atoms with Crippen molar-refractivity contribution in [2.24, 2.45) is 0 Å². The van der Waals surface area contributed by atoms with E-state index in [1.807, 2.05) is 13.0 Å². The van der Waals surface area contributed by atoms with Gasteiger partial charge < -0.3 is 14.8 Å². The second kappa shape index (κ2) is 8.87. The minimum atomic E-state index is -0.0778. The molecule has 0 saturated carbocycles. The molecule has 1 amide bonds. The highest BCUT2D eigenvalue weighted by atomic mass is 32.2. The minimum Gasteiger partial charge on any atom is -0.380 e. The van der Waals surface area contributed by atoms with Gasteiger partial charge in [0.15, 0.2) is 0 Å². The zero-order valence-electron chi connectivity index (χ0n) is 13.4. The van der Waals surface area contributed by atoms with Gasteiger partial charge in [0.25, 0.3) is 0 Å². The molecule has 1 aliphatic rings. The summed E-state index contributed by atoms with van der Waals surface area (Å²) in [6.07, 6.45) is 2.17. The van der Waals surface area contributed by atoms with Gasteiger partial charge in [-0.3, -0.25) is 4.79 Å². The number of amides is 1. The lowest BCUT2D eigenvalue weighted by Crippen LogP contribution is -2.32. The predicted molar refractivity (Wildman–Crippen MR) is 87.1 cm³/mol. The zero-order chi connectivity index (χ0) is 16.7. The number of aromatic nitrogens is 1. The molecule has 7 heteroatoms. The first-order valence-corrected chi connectivity index (χ1v) is 8.53. The largest absolute Gasteiger partial charge is 0.380 e. The van der Waals surface area contributed by atoms with Gasteiger partial charge in [0.1, 0.15) is 11.1 Å². The van der Waals surface area contributed by atoms with Crippen LogP contribution < -0.4 is 5.32 Å². The van der Waals surface area contributed by atoms with Gasteiger partial charge >= 0.3 is 0 Å². The molecule has 1 aliphatic heterocycles. The monoisotopic (exact) mass is 335 g/mol. The van der Waals surface area contributed by atoms with E-state index in [-0.39, 0.29) is 17.8 Å². The highest BCUT2D eigenvalue weighted by Crippen LogP contribution is 2.24. The van der Waals surface area contributed by atoms with Crippen LogP contribution in [0.4, 0.5) is 0 Å². The quantitative estimate of drug-likeness (QED) is 0.765. The van der Waals surface area contributed by atoms with Crippen molar-refractivity contribution in [1.29, 1.82) is 5.26 Å². The number of nitrogens with zero attached hydrogens (tertiary/aromatic N) is 2. The maximum absolute atomic E-state index is 11.9. The topological polar surface area (TPSA) is 84.2 Å². The fourth-order valence-electron chi connectivity index (χ4n) is 2.42. The molecule has 23 heavy (non-hydrogen) atoms. The Balaban J connectivity index is 1.93. The van der Waals surface area contributed by atoms with Crippen LogP contribution >= 0.6 is 11.8 Å². The molecular weight excluding hydrogens is 314 g/mol. The first-order valence-electron chi connectivity index (χ1n) is 7.54. The van der Waals surface area contributed by atoms with Crippen LogP contribution in [0.15, 0.2) is 11.1 Å². The third-order valence-corrected chi connectivity index (χ3v) is 4.47. The Labute approximate surface area is 140 Å². The molecule has 2 heterocycles. The summed E-state index contributed by atoms with van der Waals surface area (Å²) in [5, 5.41) is 12.8. The van der Waals surface area contributed by atoms with Crippen LogP contribution in [0.25, 0.3) is 0 Å². The van der Waals surface area contributed by atoms with Crippen molar-refractivity contribution >= 4 is 17.7 Å². The molecule has 1 atom stereocenters. The Morgan fingerprint density at radius 1 is 1.65 bits per heavy atom. The summed E-state index contributed by atoms with van der Waals surface area (Å²) in [6, 6.07) is 4.00. The summed E-state index contributed by atoms with van der Waals surface area (Å²) in [5.41, 5.74) is 2.08. The molecular formula is C16H21N3O3S. The van der Waals surface area contributed by atoms with Crippen LogP contribution in [-0.4, -0.2) is 43.0 Å². The number of carbonyl (C=O) groups excluding carboxylic acids is 1. The van der Waals surface area contributed by atoms with Crippen molar-refractivity contribution < 1.29 is 14.3 Å². The fraction of sp³-hybridized carbons (Fsp3) is 0.562. The van der Waals surface area contributed by atoms with Crippen molar-refractivity contribution in [1.82, 2.24) is 10.3 Å². The Hall–Kier alpha value is -1.62. The molecule has 0 spiro atoms. The van der Waals surface area contributed by atoms with Gasteiger partial charge in [0.2, 0.25) is 5.91 Å². The average molecular weight is 335 g/mol. The molecule has 2 rings (SSSR count). The Morgan fingerprint density at radius 3 is 3.13 bits per heavy atom. The van der Waals surface area contributed by atoms with Gasteiger partial charge in [-0.2, -0.15) is 5.26 Å². The molecule has 0 unspecified atom stereocenters. The first kappa shape index (κ1) is 17.7. The molecule has 0 radical (unpaired) electrons. The van der Waals surface area contributed by atoms with E-state index < -0.39 is 0 Å². The van der Waals surface area contributed by atoms with Gasteiger partial charge in [-0.15, -0.1) is 0 Å². The third-order valence-electron chi connectivity index (χ3n) is 3.50. The lowest BCUT2D eigenvalue weighted by atomic mass is 10.1. The summed E-state index contributed by atoms with van der Waals surface area (Å²) in [7, 11) is 1.59. The maximum Gasteiger partial charge on any atom is 0.230 e. The van der Waals surface area contributed by atoms with E-state index in [9.17, 15) is 10.1 Å². The normalized spacial score (nSPS) is 17.0. The lowest BCUT2D eigenvalue weighted by molar-refractivity contribution is -0.119. The van der Waals surface area contributed by atoms with Crippen LogP contribution in [0.2, 0.25) is 0 Å². The summed E-state index contributed by atoms with van der Waals surface area (Å²) >= 11 is 1.27. The number of rotatable bonds is 7. The second-order valence-corrected chi connectivity index (χ2v) is 6.34. The number of thioether (sulfide) groups is 1. The van der Waals surface area contributed by atoms with Crippen LogP contribution in [0.3, 0.4) is 0 Å². The number of pyridine rings is 1. The van der Waals surface area contributed by atoms with Crippen molar-refractivity contribution in [3.05, 3.63) is 22.9 Å². The van der Waals surface area contributed by atoms with Crippen molar-refractivity contribution in [3.8, 4) is 6.07 Å². The molecule has 1 saturated heterocycles. The summed E-state index contributed by atoms with van der Waals surface area (Å²) in [4.78, 5) is 16.3. The average Bonchev–Trinajstić information content (AvgIpc) is 3.04. The van der Waals surface area contributed by atoms with E-state index in [1.54, 1.807) is 7.11 Å². The highest BCUT2D eigenvalue weighted by Gasteiger charge is 2.17. The fourth-order valence-corrected chi connectivity index (χ4v) is 3.32. The molecule has 1 aromatic heterocycles. The summed E-state index contributed by atoms with van der Waals surface area (Å²) < 4.78 is 10.6. The van der Waals surface area contributed by atoms with Crippen LogP contribution in [0.1, 0.15) is 29.7 Å². The number of nitriles is 1. The molecule has 124 valence electrons. The Kier molecular flexibility index (Phi) is 6.84. The smallest absolute Gasteiger partial charge is 0.230 e. The molecule has 0 bridgehead atoms. The second-order valence-electron chi connectivity index (χ2n) is 5.38. The van der Waals surface area contributed by atoms with E-state index in [0.717, 1.165) is 30.7 Å². The van der Waals surface area contributed by atoms with Crippen molar-refractivity contribution in [2.75, 3.05) is 26.0 Å². The van der Waals surface area contributed by atoms with Gasteiger partial charge in [-0.25, -0.2) is 4.98 Å². The van der Waals surface area contributed by atoms with Gasteiger partial charge in [0, 0.05) is 26.0 Å². The van der Waals surface area contributed by atoms with Crippen LogP contribution in [0.5, 0.6) is 0 Å². The SMILES string of the molecule is COCc1cc(C)nc(SCC(=O)NC[C@@H]2CCCO2)c1C#N. The van der Waals surface area contributed by atoms with Crippen molar-refractivity contribution in [3.63, 3.8) is 0 Å². The van der Waals surface area contributed by atoms with Gasteiger partial charge in [-0.1, -0.05) is 11.8 Å². The highest BCUT2D eigenvalue weighted by molar-refractivity contribution is 8.00. The summed E-state index contributed by atoms with van der Waals surface area (Å²) in [5.74, 6) is 0.149. The van der Waals surface area contributed by atoms with E-state index in [4.69, 9.17) is 9.47 Å². The summed E-state index contributed by atoms with van der Waals surface area (Å²) in [6.45, 7) is 3.53. The van der Waals surface area contributed by atoms with Crippen molar-refractivity contribution in [2.45, 2.75) is 37.5 Å². The number of carbonyl (C=O) groups is 1. The van der Waals surface area contributed by atoms with Crippen LogP contribution in [-0.2, 0) is 20.9 Å². The van der Waals surface area contributed by atoms with E-state index >= 15 is 0 Å². The standard InChI is InChI=1S/C16H21N3O3S/c1-11-6-12(9-21-2)14(7-17)16(19-11)23-10-15(20)18-8-13-4-3-5-22-13/h6,13H,3-5,8-10H2,1-2H3,(H,18,20)/t13-/m0/s1. The molecule has 0 aromatic carbocycles. The van der Waals surface area contributed by atoms with E-state index in [0.29, 0.717) is 23.7 Å². The number of methoxy groups -OCH3 is 1. The third kappa shape index (κ3) is 5.20. The van der Waals surface area contributed by atoms with Crippen LogP contribution in [0, 0.1) is 18.3 Å². The zero-order valence-corrected chi connectivity index (χ0v) is 14.2. The number of ether oxygens (including phenoxy) is 2. The Bertz CT molecular complexity index is 595. The minimum absolute atomic E-state index is 0.0778. The first-order chi connectivity index (χ1) is 11.1. The number of nitrogens with one attached hydrogen (secondary N) is 1.